The highest BCUT2D eigenvalue weighted by molar-refractivity contribution is 9.10. The van der Waals surface area contributed by atoms with Gasteiger partial charge in [-0.05, 0) is 41.4 Å². The molecular formula is C19H25BrFN3O4SSi. The number of amides is 1. The van der Waals surface area contributed by atoms with E-state index in [9.17, 15) is 14.0 Å². The molecule has 0 radical (unpaired) electrons. The molecule has 2 aliphatic rings. The summed E-state index contributed by atoms with van der Waals surface area (Å²) in [6.45, 7) is 9.04. The monoisotopic (exact) mass is 517 g/mol. The number of ether oxygens (including phenoxy) is 2. The summed E-state index contributed by atoms with van der Waals surface area (Å²) in [6.07, 6.45) is 1.97. The topological polar surface area (TPSA) is 89.9 Å². The molecule has 0 unspecified atom stereocenters. The number of alkyl carbamates (subject to hydrolysis) is 1. The van der Waals surface area contributed by atoms with Gasteiger partial charge in [-0.3, -0.25) is 5.32 Å². The number of hydrogen-bond acceptors (Lipinski definition) is 7. The molecule has 1 N–H and O–H groups in total. The summed E-state index contributed by atoms with van der Waals surface area (Å²) in [5.41, 5.74) is -0.821. The first-order valence-corrected chi connectivity index (χ1v) is 14.9. The minimum absolute atomic E-state index is 0.0180. The van der Waals surface area contributed by atoms with Crippen LogP contribution in [0.15, 0.2) is 21.7 Å². The zero-order chi connectivity index (χ0) is 22.2. The lowest BCUT2D eigenvalue weighted by Gasteiger charge is -2.32. The number of aliphatic imine (C=N–C) groups is 1. The molecule has 1 aliphatic carbocycles. The van der Waals surface area contributed by atoms with Gasteiger partial charge in [0, 0.05) is 36.8 Å². The van der Waals surface area contributed by atoms with Gasteiger partial charge in [-0.1, -0.05) is 31.4 Å². The number of rotatable bonds is 7. The summed E-state index contributed by atoms with van der Waals surface area (Å²) >= 11 is 4.40. The molecule has 0 aromatic carbocycles. The molecule has 2 heterocycles. The number of nitrogens with zero attached hydrogens (tertiary/aromatic N) is 2. The molecule has 30 heavy (non-hydrogen) atoms. The number of aldehydes is 1. The second kappa shape index (κ2) is 8.68. The van der Waals surface area contributed by atoms with Gasteiger partial charge < -0.3 is 14.3 Å². The Morgan fingerprint density at radius 1 is 1.50 bits per heavy atom. The average Bonchev–Trinajstić information content (AvgIpc) is 3.38. The van der Waals surface area contributed by atoms with Crippen LogP contribution in [0.25, 0.3) is 0 Å². The number of nitrogens with one attached hydrogen (secondary N) is 1. The van der Waals surface area contributed by atoms with Crippen molar-refractivity contribution in [3.63, 3.8) is 0 Å². The molecule has 164 valence electrons. The Morgan fingerprint density at radius 3 is 2.90 bits per heavy atom. The van der Waals surface area contributed by atoms with Gasteiger partial charge in [-0.15, -0.1) is 0 Å². The van der Waals surface area contributed by atoms with Gasteiger partial charge >= 0.3 is 6.09 Å². The molecule has 0 saturated heterocycles. The van der Waals surface area contributed by atoms with Crippen molar-refractivity contribution < 1.29 is 23.5 Å². The first kappa shape index (κ1) is 23.4. The third kappa shape index (κ3) is 5.12. The van der Waals surface area contributed by atoms with Crippen LogP contribution in [0.2, 0.25) is 25.7 Å². The first-order valence-electron chi connectivity index (χ1n) is 9.59. The maximum absolute atomic E-state index is 14.5. The van der Waals surface area contributed by atoms with Crippen molar-refractivity contribution in [3.05, 3.63) is 28.2 Å². The van der Waals surface area contributed by atoms with E-state index in [2.05, 4.69) is 50.9 Å². The van der Waals surface area contributed by atoms with E-state index >= 15 is 0 Å². The van der Waals surface area contributed by atoms with Crippen LogP contribution in [-0.2, 0) is 19.8 Å². The number of halogens is 2. The van der Waals surface area contributed by atoms with Crippen molar-refractivity contribution in [3.8, 4) is 0 Å². The molecule has 1 aromatic heterocycles. The highest BCUT2D eigenvalue weighted by Gasteiger charge is 2.68. The fourth-order valence-electron chi connectivity index (χ4n) is 3.40. The van der Waals surface area contributed by atoms with E-state index in [-0.39, 0.29) is 23.4 Å². The molecule has 1 saturated carbocycles. The van der Waals surface area contributed by atoms with Crippen LogP contribution >= 0.6 is 27.7 Å². The van der Waals surface area contributed by atoms with E-state index in [1.807, 2.05) is 0 Å². The standard InChI is InChI=1S/C19H25BrFN3O4SSi/c1-18(13-7-12(20)9-22-15(13)21)14-8-19(14,10-25)29-17(24-18)28-16(26)23-11-27-5-6-30(2,3)4/h7,9-10,14H,5-6,8,11H2,1-4H3,(H,23,26)/t14-,18+,19+/m0/s1. The fourth-order valence-corrected chi connectivity index (χ4v) is 5.84. The van der Waals surface area contributed by atoms with Crippen LogP contribution in [0.4, 0.5) is 9.18 Å². The highest BCUT2D eigenvalue weighted by atomic mass is 79.9. The van der Waals surface area contributed by atoms with Crippen molar-refractivity contribution in [1.29, 1.82) is 0 Å². The van der Waals surface area contributed by atoms with Crippen molar-refractivity contribution in [1.82, 2.24) is 10.3 Å². The molecule has 1 amide bonds. The predicted molar refractivity (Wildman–Crippen MR) is 120 cm³/mol. The van der Waals surface area contributed by atoms with E-state index in [1.54, 1.807) is 13.0 Å². The number of thioether (sulfide) groups is 1. The van der Waals surface area contributed by atoms with Crippen molar-refractivity contribution in [2.45, 2.75) is 49.3 Å². The van der Waals surface area contributed by atoms with Crippen LogP contribution in [0, 0.1) is 11.9 Å². The number of aromatic nitrogens is 1. The second-order valence-corrected chi connectivity index (χ2v) is 16.7. The van der Waals surface area contributed by atoms with Gasteiger partial charge in [0.25, 0.3) is 5.23 Å². The number of carbonyl (C=O) groups is 2. The third-order valence-electron chi connectivity index (χ3n) is 5.28. The Bertz CT molecular complexity index is 884. The number of hydrogen-bond donors (Lipinski definition) is 1. The maximum atomic E-state index is 14.5. The smallest absolute Gasteiger partial charge is 0.385 e. The molecule has 3 rings (SSSR count). The Hall–Kier alpha value is -1.30. The summed E-state index contributed by atoms with van der Waals surface area (Å²) in [5, 5.41) is 2.54. The zero-order valence-electron chi connectivity index (χ0n) is 17.3. The molecule has 1 aliphatic heterocycles. The molecular weight excluding hydrogens is 493 g/mol. The van der Waals surface area contributed by atoms with Crippen LogP contribution in [0.1, 0.15) is 18.9 Å². The fraction of sp³-hybridized carbons (Fsp3) is 0.579. The number of fused-ring (bicyclic) bond motifs is 1. The first-order chi connectivity index (χ1) is 14.0. The second-order valence-electron chi connectivity index (χ2n) is 8.88. The SMILES string of the molecule is C[C@]1(c2cc(Br)cnc2F)N=C(OC(=O)NCOCC[Si](C)(C)C)S[C@@]2(C=O)C[C@H]21. The highest BCUT2D eigenvalue weighted by Crippen LogP contribution is 2.65. The molecule has 1 aromatic rings. The molecule has 7 nitrogen and oxygen atoms in total. The minimum atomic E-state index is -1.21. The molecule has 3 atom stereocenters. The van der Waals surface area contributed by atoms with Crippen LogP contribution in [-0.4, -0.2) is 48.8 Å². The third-order valence-corrected chi connectivity index (χ3v) is 8.69. The van der Waals surface area contributed by atoms with Gasteiger partial charge in [-0.2, -0.15) is 4.39 Å². The summed E-state index contributed by atoms with van der Waals surface area (Å²) in [7, 11) is -1.21. The lowest BCUT2D eigenvalue weighted by molar-refractivity contribution is -0.108. The molecule has 11 heteroatoms. The lowest BCUT2D eigenvalue weighted by atomic mass is 9.87. The Morgan fingerprint density at radius 2 is 2.23 bits per heavy atom. The van der Waals surface area contributed by atoms with Gasteiger partial charge in [0.2, 0.25) is 5.95 Å². The van der Waals surface area contributed by atoms with Crippen molar-refractivity contribution in [2.75, 3.05) is 13.3 Å². The summed E-state index contributed by atoms with van der Waals surface area (Å²) in [5.74, 6) is -0.874. The Labute approximate surface area is 188 Å². The van der Waals surface area contributed by atoms with E-state index in [4.69, 9.17) is 9.47 Å². The lowest BCUT2D eigenvalue weighted by Crippen LogP contribution is -2.37. The van der Waals surface area contributed by atoms with Gasteiger partial charge in [-0.25, -0.2) is 14.8 Å². The van der Waals surface area contributed by atoms with Crippen LogP contribution < -0.4 is 5.32 Å². The van der Waals surface area contributed by atoms with Gasteiger partial charge in [0.1, 0.15) is 13.0 Å². The van der Waals surface area contributed by atoms with E-state index < -0.39 is 30.4 Å². The van der Waals surface area contributed by atoms with E-state index in [0.29, 0.717) is 17.5 Å². The number of carbonyl (C=O) groups excluding carboxylic acids is 2. The van der Waals surface area contributed by atoms with E-state index in [0.717, 1.165) is 24.1 Å². The predicted octanol–water partition coefficient (Wildman–Crippen LogP) is 4.30. The maximum Gasteiger partial charge on any atom is 0.416 e. The van der Waals surface area contributed by atoms with Gasteiger partial charge in [0.15, 0.2) is 0 Å². The minimum Gasteiger partial charge on any atom is -0.385 e. The summed E-state index contributed by atoms with van der Waals surface area (Å²) in [6, 6.07) is 2.58. The summed E-state index contributed by atoms with van der Waals surface area (Å²) < 4.78 is 25.1. The summed E-state index contributed by atoms with van der Waals surface area (Å²) in [4.78, 5) is 32.2. The normalized spacial score (nSPS) is 27.7. The Kier molecular flexibility index (Phi) is 6.76. The van der Waals surface area contributed by atoms with Crippen LogP contribution in [0.3, 0.4) is 0 Å². The van der Waals surface area contributed by atoms with E-state index in [1.165, 1.54) is 6.20 Å². The zero-order valence-corrected chi connectivity index (χ0v) is 20.7. The molecule has 0 bridgehead atoms. The van der Waals surface area contributed by atoms with Crippen molar-refractivity contribution >= 4 is 53.4 Å². The quantitative estimate of drug-likeness (QED) is 0.190. The largest absolute Gasteiger partial charge is 0.416 e. The van der Waals surface area contributed by atoms with Gasteiger partial charge in [0.05, 0.1) is 10.3 Å². The molecule has 1 fully saturated rings. The van der Waals surface area contributed by atoms with Crippen molar-refractivity contribution in [2.24, 2.45) is 10.9 Å². The number of pyridine rings is 1. The van der Waals surface area contributed by atoms with Crippen LogP contribution in [0.5, 0.6) is 0 Å². The molecule has 0 spiro atoms. The Balaban J connectivity index is 1.69. The average molecular weight is 518 g/mol.